The van der Waals surface area contributed by atoms with Crippen molar-refractivity contribution in [1.82, 2.24) is 0 Å². The van der Waals surface area contributed by atoms with Gasteiger partial charge in [0.1, 0.15) is 16.7 Å². The van der Waals surface area contributed by atoms with Gasteiger partial charge in [-0.1, -0.05) is 46.8 Å². The Morgan fingerprint density at radius 3 is 2.35 bits per heavy atom. The molecule has 0 aliphatic heterocycles. The molecule has 1 atom stereocenters. The van der Waals surface area contributed by atoms with Crippen molar-refractivity contribution in [2.45, 2.75) is 58.0 Å². The second-order valence-corrected chi connectivity index (χ2v) is 10.4. The van der Waals surface area contributed by atoms with Gasteiger partial charge in [-0.15, -0.1) is 0 Å². The molecule has 0 aromatic heterocycles. The molecule has 0 saturated heterocycles. The maximum absolute atomic E-state index is 13.1. The van der Waals surface area contributed by atoms with E-state index in [0.717, 1.165) is 5.56 Å². The van der Waals surface area contributed by atoms with Crippen LogP contribution in [-0.2, 0) is 20.2 Å². The summed E-state index contributed by atoms with van der Waals surface area (Å²) < 4.78 is 34.3. The Morgan fingerprint density at radius 1 is 1.10 bits per heavy atom. The standard InChI is InChI=1S/C23H32N2O5S/c1-7-30-19-14-17(24-22(27)21(26)15(2)3)11-12-20(19)31(28,29)25-18-10-8-9-16(13-18)23(4,5)6/h8-15,21,25-26H,7H2,1-6H3,(H,24,27)/t21-/m0/s1. The Balaban J connectivity index is 2.35. The molecule has 0 unspecified atom stereocenters. The molecule has 0 saturated carbocycles. The van der Waals surface area contributed by atoms with Crippen LogP contribution >= 0.6 is 0 Å². The molecule has 2 aromatic carbocycles. The van der Waals surface area contributed by atoms with Gasteiger partial charge in [-0.25, -0.2) is 8.42 Å². The predicted molar refractivity (Wildman–Crippen MR) is 123 cm³/mol. The average Bonchev–Trinajstić information content (AvgIpc) is 2.66. The van der Waals surface area contributed by atoms with E-state index in [2.05, 4.69) is 30.8 Å². The minimum Gasteiger partial charge on any atom is -0.492 e. The molecular formula is C23H32N2O5S. The van der Waals surface area contributed by atoms with E-state index in [-0.39, 0.29) is 28.6 Å². The fourth-order valence-electron chi connectivity index (χ4n) is 2.85. The smallest absolute Gasteiger partial charge is 0.265 e. The zero-order valence-corrected chi connectivity index (χ0v) is 19.7. The van der Waals surface area contributed by atoms with Crippen molar-refractivity contribution in [3.8, 4) is 5.75 Å². The zero-order valence-electron chi connectivity index (χ0n) is 18.9. The molecule has 0 fully saturated rings. The van der Waals surface area contributed by atoms with E-state index in [4.69, 9.17) is 4.74 Å². The van der Waals surface area contributed by atoms with Crippen molar-refractivity contribution in [2.24, 2.45) is 5.92 Å². The average molecular weight is 449 g/mol. The minimum atomic E-state index is -3.94. The minimum absolute atomic E-state index is 0.0436. The molecule has 8 heteroatoms. The lowest BCUT2D eigenvalue weighted by Crippen LogP contribution is -2.31. The third-order valence-electron chi connectivity index (χ3n) is 4.68. The van der Waals surface area contributed by atoms with Crippen molar-refractivity contribution < 1.29 is 23.1 Å². The van der Waals surface area contributed by atoms with E-state index in [1.807, 2.05) is 6.07 Å². The number of aliphatic hydroxyl groups is 1. The number of rotatable bonds is 8. The Labute approximate surface area is 184 Å². The summed E-state index contributed by atoms with van der Waals surface area (Å²) >= 11 is 0. The van der Waals surface area contributed by atoms with Gasteiger partial charge in [0.15, 0.2) is 0 Å². The quantitative estimate of drug-likeness (QED) is 0.563. The van der Waals surface area contributed by atoms with Gasteiger partial charge in [-0.2, -0.15) is 0 Å². The monoisotopic (exact) mass is 448 g/mol. The Kier molecular flexibility index (Phi) is 7.72. The number of hydrogen-bond donors (Lipinski definition) is 3. The highest BCUT2D eigenvalue weighted by Gasteiger charge is 2.23. The van der Waals surface area contributed by atoms with E-state index < -0.39 is 22.0 Å². The number of amides is 1. The number of carbonyl (C=O) groups excluding carboxylic acids is 1. The maximum Gasteiger partial charge on any atom is 0.265 e. The number of ether oxygens (including phenoxy) is 1. The summed E-state index contributed by atoms with van der Waals surface area (Å²) in [4.78, 5) is 12.1. The van der Waals surface area contributed by atoms with E-state index in [1.54, 1.807) is 39.0 Å². The molecule has 3 N–H and O–H groups in total. The van der Waals surface area contributed by atoms with E-state index in [9.17, 15) is 18.3 Å². The van der Waals surface area contributed by atoms with Crippen molar-refractivity contribution >= 4 is 27.3 Å². The number of anilines is 2. The highest BCUT2D eigenvalue weighted by atomic mass is 32.2. The van der Waals surface area contributed by atoms with Gasteiger partial charge < -0.3 is 15.2 Å². The molecule has 0 radical (unpaired) electrons. The van der Waals surface area contributed by atoms with Crippen molar-refractivity contribution in [2.75, 3.05) is 16.6 Å². The third-order valence-corrected chi connectivity index (χ3v) is 6.10. The van der Waals surface area contributed by atoms with Crippen LogP contribution in [0, 0.1) is 5.92 Å². The second kappa shape index (κ2) is 9.70. The van der Waals surface area contributed by atoms with Gasteiger partial charge in [0.2, 0.25) is 0 Å². The molecular weight excluding hydrogens is 416 g/mol. The maximum atomic E-state index is 13.1. The number of benzene rings is 2. The lowest BCUT2D eigenvalue weighted by molar-refractivity contribution is -0.125. The highest BCUT2D eigenvalue weighted by molar-refractivity contribution is 7.92. The summed E-state index contributed by atoms with van der Waals surface area (Å²) in [5.74, 6) is -0.705. The number of sulfonamides is 1. The van der Waals surface area contributed by atoms with E-state index in [1.165, 1.54) is 18.2 Å². The Bertz CT molecular complexity index is 1030. The molecule has 7 nitrogen and oxygen atoms in total. The first-order valence-electron chi connectivity index (χ1n) is 10.2. The first-order chi connectivity index (χ1) is 14.3. The fourth-order valence-corrected chi connectivity index (χ4v) is 4.03. The van der Waals surface area contributed by atoms with Crippen LogP contribution in [0.3, 0.4) is 0 Å². The molecule has 0 heterocycles. The molecule has 31 heavy (non-hydrogen) atoms. The molecule has 2 rings (SSSR count). The van der Waals surface area contributed by atoms with Crippen LogP contribution in [0.25, 0.3) is 0 Å². The van der Waals surface area contributed by atoms with Gasteiger partial charge in [0.05, 0.1) is 6.61 Å². The van der Waals surface area contributed by atoms with Gasteiger partial charge in [-0.05, 0) is 48.1 Å². The topological polar surface area (TPSA) is 105 Å². The summed E-state index contributed by atoms with van der Waals surface area (Å²) in [6.45, 7) is 11.6. The van der Waals surface area contributed by atoms with E-state index >= 15 is 0 Å². The lowest BCUT2D eigenvalue weighted by atomic mass is 9.87. The third kappa shape index (κ3) is 6.45. The zero-order chi connectivity index (χ0) is 23.4. The van der Waals surface area contributed by atoms with Crippen LogP contribution in [0.5, 0.6) is 5.75 Å². The van der Waals surface area contributed by atoms with Gasteiger partial charge >= 0.3 is 0 Å². The summed E-state index contributed by atoms with van der Waals surface area (Å²) in [6, 6.07) is 11.5. The number of aliphatic hydroxyl groups excluding tert-OH is 1. The highest BCUT2D eigenvalue weighted by Crippen LogP contribution is 2.31. The molecule has 0 spiro atoms. The molecule has 0 aliphatic rings. The Hall–Kier alpha value is -2.58. The number of nitrogens with one attached hydrogen (secondary N) is 2. The van der Waals surface area contributed by atoms with Crippen LogP contribution < -0.4 is 14.8 Å². The van der Waals surface area contributed by atoms with Crippen LogP contribution in [-0.4, -0.2) is 32.1 Å². The van der Waals surface area contributed by atoms with Crippen LogP contribution in [0.15, 0.2) is 47.4 Å². The first kappa shape index (κ1) is 24.7. The van der Waals surface area contributed by atoms with Gasteiger partial charge in [0, 0.05) is 17.4 Å². The molecule has 170 valence electrons. The summed E-state index contributed by atoms with van der Waals surface area (Å²) in [6.07, 6.45) is -1.17. The summed E-state index contributed by atoms with van der Waals surface area (Å²) in [5.41, 5.74) is 1.66. The fraction of sp³-hybridized carbons (Fsp3) is 0.435. The van der Waals surface area contributed by atoms with Crippen LogP contribution in [0.1, 0.15) is 47.1 Å². The normalized spacial score (nSPS) is 13.0. The Morgan fingerprint density at radius 2 is 1.77 bits per heavy atom. The van der Waals surface area contributed by atoms with E-state index in [0.29, 0.717) is 11.4 Å². The van der Waals surface area contributed by atoms with Crippen LogP contribution in [0.4, 0.5) is 11.4 Å². The molecule has 0 bridgehead atoms. The predicted octanol–water partition coefficient (Wildman–Crippen LogP) is 4.14. The second-order valence-electron chi connectivity index (χ2n) is 8.71. The van der Waals surface area contributed by atoms with Gasteiger partial charge in [0.25, 0.3) is 15.9 Å². The van der Waals surface area contributed by atoms with Crippen LogP contribution in [0.2, 0.25) is 0 Å². The van der Waals surface area contributed by atoms with Crippen molar-refractivity contribution in [3.63, 3.8) is 0 Å². The molecule has 1 amide bonds. The summed E-state index contributed by atoms with van der Waals surface area (Å²) in [7, 11) is -3.94. The van der Waals surface area contributed by atoms with Gasteiger partial charge in [-0.3, -0.25) is 9.52 Å². The number of carbonyl (C=O) groups is 1. The number of hydrogen-bond acceptors (Lipinski definition) is 5. The lowest BCUT2D eigenvalue weighted by Gasteiger charge is -2.20. The van der Waals surface area contributed by atoms with Crippen molar-refractivity contribution in [1.29, 1.82) is 0 Å². The molecule has 0 aliphatic carbocycles. The molecule has 2 aromatic rings. The summed E-state index contributed by atoms with van der Waals surface area (Å²) in [5, 5.41) is 12.5. The largest absolute Gasteiger partial charge is 0.492 e. The SMILES string of the molecule is CCOc1cc(NC(=O)[C@@H](O)C(C)C)ccc1S(=O)(=O)Nc1cccc(C(C)(C)C)c1. The van der Waals surface area contributed by atoms with Crippen molar-refractivity contribution in [3.05, 3.63) is 48.0 Å². The first-order valence-corrected chi connectivity index (χ1v) is 11.7.